The molecule has 2 aromatic rings. The highest BCUT2D eigenvalue weighted by atomic mass is 35.5. The molecule has 0 radical (unpaired) electrons. The molecule has 5 nitrogen and oxygen atoms in total. The molecular formula is C24H24ClFN2O3. The number of nitrogens with zero attached hydrogens (tertiary/aromatic N) is 2. The van der Waals surface area contributed by atoms with Gasteiger partial charge in [-0.25, -0.2) is 4.39 Å². The molecule has 1 aliphatic carbocycles. The van der Waals surface area contributed by atoms with Crippen LogP contribution in [0.5, 0.6) is 0 Å². The smallest absolute Gasteiger partial charge is 0.257 e. The van der Waals surface area contributed by atoms with Crippen molar-refractivity contribution in [3.63, 3.8) is 0 Å². The summed E-state index contributed by atoms with van der Waals surface area (Å²) in [4.78, 5) is 40.8. The van der Waals surface area contributed by atoms with Crippen molar-refractivity contribution in [2.24, 2.45) is 0 Å². The minimum Gasteiger partial charge on any atom is -0.339 e. The summed E-state index contributed by atoms with van der Waals surface area (Å²) in [5, 5.41) is 0.298. The first kappa shape index (κ1) is 21.5. The molecule has 2 aromatic carbocycles. The Morgan fingerprint density at radius 3 is 2.35 bits per heavy atom. The third kappa shape index (κ3) is 4.79. The average molecular weight is 443 g/mol. The van der Waals surface area contributed by atoms with E-state index in [1.807, 2.05) is 18.2 Å². The Hall–Kier alpha value is -2.73. The molecule has 7 heteroatoms. The highest BCUT2D eigenvalue weighted by Crippen LogP contribution is 2.24. The van der Waals surface area contributed by atoms with Crippen LogP contribution in [0.3, 0.4) is 0 Å². The number of piperazine rings is 1. The standard InChI is InChI=1S/C24H24ClFN2O3/c25-19-6-7-21(26)20(15-19)24(31)28-12-10-27(11-13-28)23(30)9-8-22(29)18-5-4-16-2-1-3-17(16)14-18/h4-7,14-15H,1-3,8-13H2. The summed E-state index contributed by atoms with van der Waals surface area (Å²) in [5.41, 5.74) is 3.17. The molecule has 1 aliphatic heterocycles. The molecule has 1 saturated heterocycles. The van der Waals surface area contributed by atoms with Crippen molar-refractivity contribution in [2.75, 3.05) is 26.2 Å². The number of ketones is 1. The van der Waals surface area contributed by atoms with Crippen LogP contribution in [0, 0.1) is 5.82 Å². The summed E-state index contributed by atoms with van der Waals surface area (Å²) < 4.78 is 14.0. The van der Waals surface area contributed by atoms with E-state index in [4.69, 9.17) is 11.6 Å². The lowest BCUT2D eigenvalue weighted by Crippen LogP contribution is -2.50. The van der Waals surface area contributed by atoms with Gasteiger partial charge in [-0.05, 0) is 54.7 Å². The second-order valence-corrected chi connectivity index (χ2v) is 8.49. The zero-order chi connectivity index (χ0) is 22.0. The molecule has 31 heavy (non-hydrogen) atoms. The van der Waals surface area contributed by atoms with Crippen molar-refractivity contribution in [1.82, 2.24) is 9.80 Å². The molecule has 0 bridgehead atoms. The van der Waals surface area contributed by atoms with Crippen molar-refractivity contribution in [2.45, 2.75) is 32.1 Å². The molecular weight excluding hydrogens is 419 g/mol. The maximum atomic E-state index is 14.0. The van der Waals surface area contributed by atoms with Gasteiger partial charge in [0.05, 0.1) is 5.56 Å². The van der Waals surface area contributed by atoms with Crippen molar-refractivity contribution >= 4 is 29.2 Å². The molecule has 162 valence electrons. The van der Waals surface area contributed by atoms with E-state index in [1.165, 1.54) is 34.2 Å². The minimum absolute atomic E-state index is 0.0201. The summed E-state index contributed by atoms with van der Waals surface area (Å²) in [7, 11) is 0. The van der Waals surface area contributed by atoms with Gasteiger partial charge in [0.2, 0.25) is 5.91 Å². The molecule has 1 fully saturated rings. The summed E-state index contributed by atoms with van der Waals surface area (Å²) in [6.45, 7) is 1.35. The summed E-state index contributed by atoms with van der Waals surface area (Å²) >= 11 is 5.88. The largest absolute Gasteiger partial charge is 0.339 e. The van der Waals surface area contributed by atoms with E-state index < -0.39 is 11.7 Å². The van der Waals surface area contributed by atoms with Gasteiger partial charge in [-0.1, -0.05) is 23.7 Å². The Morgan fingerprint density at radius 1 is 0.871 bits per heavy atom. The third-order valence-corrected chi connectivity index (χ3v) is 6.30. The first-order chi connectivity index (χ1) is 14.9. The Kier molecular flexibility index (Phi) is 6.37. The molecule has 0 aromatic heterocycles. The lowest BCUT2D eigenvalue weighted by molar-refractivity contribution is -0.132. The average Bonchev–Trinajstić information content (AvgIpc) is 3.26. The molecule has 0 atom stereocenters. The van der Waals surface area contributed by atoms with Crippen LogP contribution in [0.15, 0.2) is 36.4 Å². The third-order valence-electron chi connectivity index (χ3n) is 6.06. The van der Waals surface area contributed by atoms with Crippen LogP contribution in [-0.4, -0.2) is 53.6 Å². The number of amides is 2. The second-order valence-electron chi connectivity index (χ2n) is 8.06. The first-order valence-electron chi connectivity index (χ1n) is 10.6. The number of hydrogen-bond acceptors (Lipinski definition) is 3. The van der Waals surface area contributed by atoms with Crippen molar-refractivity contribution in [1.29, 1.82) is 0 Å². The van der Waals surface area contributed by atoms with Gasteiger partial charge in [0.25, 0.3) is 5.91 Å². The Labute approximate surface area is 185 Å². The molecule has 1 heterocycles. The predicted octanol–water partition coefficient (Wildman–Crippen LogP) is 3.92. The van der Waals surface area contributed by atoms with Crippen LogP contribution in [0.25, 0.3) is 0 Å². The molecule has 2 aliphatic rings. The lowest BCUT2D eigenvalue weighted by Gasteiger charge is -2.35. The first-order valence-corrected chi connectivity index (χ1v) is 11.0. The van der Waals surface area contributed by atoms with Gasteiger partial charge in [-0.15, -0.1) is 0 Å². The quantitative estimate of drug-likeness (QED) is 0.659. The van der Waals surface area contributed by atoms with Crippen LogP contribution >= 0.6 is 11.6 Å². The number of carbonyl (C=O) groups excluding carboxylic acids is 3. The highest BCUT2D eigenvalue weighted by molar-refractivity contribution is 6.31. The maximum Gasteiger partial charge on any atom is 0.257 e. The van der Waals surface area contributed by atoms with E-state index in [1.54, 1.807) is 4.90 Å². The van der Waals surface area contributed by atoms with Crippen molar-refractivity contribution in [3.8, 4) is 0 Å². The predicted molar refractivity (Wildman–Crippen MR) is 116 cm³/mol. The minimum atomic E-state index is -0.613. The summed E-state index contributed by atoms with van der Waals surface area (Å²) in [6.07, 6.45) is 3.53. The van der Waals surface area contributed by atoms with E-state index in [0.717, 1.165) is 19.3 Å². The van der Waals surface area contributed by atoms with Gasteiger partial charge >= 0.3 is 0 Å². The van der Waals surface area contributed by atoms with Crippen molar-refractivity contribution < 1.29 is 18.8 Å². The number of aryl methyl sites for hydroxylation is 2. The number of rotatable bonds is 5. The lowest BCUT2D eigenvalue weighted by atomic mass is 10.0. The molecule has 0 N–H and O–H groups in total. The highest BCUT2D eigenvalue weighted by Gasteiger charge is 2.26. The van der Waals surface area contributed by atoms with Gasteiger partial charge in [0.1, 0.15) is 5.82 Å². The van der Waals surface area contributed by atoms with Crippen molar-refractivity contribution in [3.05, 3.63) is 69.5 Å². The van der Waals surface area contributed by atoms with E-state index in [0.29, 0.717) is 36.8 Å². The molecule has 2 amide bonds. The van der Waals surface area contributed by atoms with E-state index >= 15 is 0 Å². The maximum absolute atomic E-state index is 14.0. The van der Waals surface area contributed by atoms with Gasteiger partial charge < -0.3 is 9.80 Å². The molecule has 0 saturated carbocycles. The normalized spacial score (nSPS) is 15.7. The number of hydrogen-bond donors (Lipinski definition) is 0. The summed E-state index contributed by atoms with van der Waals surface area (Å²) in [6, 6.07) is 9.74. The SMILES string of the molecule is O=C(CCC(=O)N1CCN(C(=O)c2cc(Cl)ccc2F)CC1)c1ccc2c(c1)CCC2. The zero-order valence-corrected chi connectivity index (χ0v) is 18.0. The number of Topliss-reactive ketones (excluding diaryl/α,β-unsaturated/α-hetero) is 1. The number of benzene rings is 2. The van der Waals surface area contributed by atoms with Gasteiger partial charge in [0, 0.05) is 49.6 Å². The molecule has 4 rings (SSSR count). The second kappa shape index (κ2) is 9.18. The van der Waals surface area contributed by atoms with Crippen LogP contribution in [0.2, 0.25) is 5.02 Å². The fourth-order valence-electron chi connectivity index (χ4n) is 4.26. The fraction of sp³-hybridized carbons (Fsp3) is 0.375. The number of carbonyl (C=O) groups is 3. The zero-order valence-electron chi connectivity index (χ0n) is 17.2. The van der Waals surface area contributed by atoms with Gasteiger partial charge in [-0.3, -0.25) is 14.4 Å². The Bertz CT molecular complexity index is 1030. The van der Waals surface area contributed by atoms with Crippen LogP contribution in [0.1, 0.15) is 51.1 Å². The molecule has 0 spiro atoms. The number of halogens is 2. The summed E-state index contributed by atoms with van der Waals surface area (Å²) in [5.74, 6) is -1.17. The monoisotopic (exact) mass is 442 g/mol. The van der Waals surface area contributed by atoms with E-state index in [9.17, 15) is 18.8 Å². The van der Waals surface area contributed by atoms with Crippen LogP contribution < -0.4 is 0 Å². The van der Waals surface area contributed by atoms with E-state index in [-0.39, 0.29) is 30.1 Å². The van der Waals surface area contributed by atoms with Gasteiger partial charge in [0.15, 0.2) is 5.78 Å². The molecule has 0 unspecified atom stereocenters. The van der Waals surface area contributed by atoms with Gasteiger partial charge in [-0.2, -0.15) is 0 Å². The number of fused-ring (bicyclic) bond motifs is 1. The fourth-order valence-corrected chi connectivity index (χ4v) is 4.43. The Morgan fingerprint density at radius 2 is 1.58 bits per heavy atom. The Balaban J connectivity index is 1.28. The van der Waals surface area contributed by atoms with Crippen LogP contribution in [-0.2, 0) is 17.6 Å². The van der Waals surface area contributed by atoms with E-state index in [2.05, 4.69) is 0 Å². The van der Waals surface area contributed by atoms with Crippen LogP contribution in [0.4, 0.5) is 4.39 Å². The topological polar surface area (TPSA) is 57.7 Å².